The second-order valence-corrected chi connectivity index (χ2v) is 15.6. The summed E-state index contributed by atoms with van der Waals surface area (Å²) in [5.41, 5.74) is 0. The van der Waals surface area contributed by atoms with Crippen molar-refractivity contribution in [2.24, 2.45) is 0 Å². The third-order valence-electron chi connectivity index (χ3n) is 11.3. The summed E-state index contributed by atoms with van der Waals surface area (Å²) in [6, 6.07) is -1.64. The summed E-state index contributed by atoms with van der Waals surface area (Å²) in [7, 11) is 0. The van der Waals surface area contributed by atoms with E-state index in [1.54, 1.807) is 0 Å². The lowest BCUT2D eigenvalue weighted by Gasteiger charge is -2.51. The van der Waals surface area contributed by atoms with Gasteiger partial charge < -0.3 is 135 Å². The highest BCUT2D eigenvalue weighted by Gasteiger charge is 2.59. The van der Waals surface area contributed by atoms with Crippen molar-refractivity contribution < 1.29 is 139 Å². The largest absolute Gasteiger partial charge is 0.477 e. The molecule has 0 radical (unpaired) electrons. The Hall–Kier alpha value is -2.06. The Balaban J connectivity index is 1.51. The zero-order chi connectivity index (χ0) is 46.8. The Labute approximate surface area is 355 Å². The van der Waals surface area contributed by atoms with Crippen LogP contribution in [0.2, 0.25) is 0 Å². The van der Waals surface area contributed by atoms with Gasteiger partial charge in [-0.1, -0.05) is 0 Å². The van der Waals surface area contributed by atoms with E-state index in [0.29, 0.717) is 0 Å². The van der Waals surface area contributed by atoms with E-state index in [1.807, 2.05) is 0 Å². The van der Waals surface area contributed by atoms with Gasteiger partial charge in [-0.25, -0.2) is 4.79 Å². The topological polar surface area (TPSA) is 473 Å². The summed E-state index contributed by atoms with van der Waals surface area (Å²) in [6.45, 7) is -4.14. The Bertz CT molecular complexity index is 1490. The molecule has 5 heterocycles. The number of carboxylic acids is 1. The van der Waals surface area contributed by atoms with E-state index in [2.05, 4.69) is 5.32 Å². The molecule has 5 aliphatic heterocycles. The Morgan fingerprint density at radius 1 is 0.587 bits per heavy atom. The molecule has 25 atom stereocenters. The fraction of sp³-hybridized carbons (Fsp3) is 0.941. The lowest BCUT2D eigenvalue weighted by molar-refractivity contribution is -0.408. The van der Waals surface area contributed by atoms with Crippen LogP contribution in [-0.4, -0.2) is 285 Å². The van der Waals surface area contributed by atoms with Gasteiger partial charge in [-0.15, -0.1) is 0 Å². The molecule has 5 aliphatic rings. The van der Waals surface area contributed by atoms with Gasteiger partial charge in [-0.2, -0.15) is 0 Å². The zero-order valence-electron chi connectivity index (χ0n) is 33.2. The number of hydrogen-bond acceptors (Lipinski definition) is 27. The average Bonchev–Trinajstić information content (AvgIpc) is 3.24. The van der Waals surface area contributed by atoms with E-state index in [0.717, 1.165) is 6.92 Å². The number of carboxylic acid groups (broad SMARTS) is 1. The summed E-state index contributed by atoms with van der Waals surface area (Å²) in [6.07, 6.45) is -46.9. The van der Waals surface area contributed by atoms with Crippen LogP contribution >= 0.6 is 0 Å². The molecule has 366 valence electrons. The van der Waals surface area contributed by atoms with Crippen molar-refractivity contribution in [1.29, 1.82) is 0 Å². The molecule has 0 spiro atoms. The molecule has 1 amide bonds. The molecule has 0 saturated carbocycles. The number of ether oxygens (including phenoxy) is 9. The number of amides is 1. The third-order valence-corrected chi connectivity index (χ3v) is 11.3. The number of aliphatic carboxylic acids is 1. The second kappa shape index (κ2) is 21.7. The molecule has 0 unspecified atom stereocenters. The lowest BCUT2D eigenvalue weighted by atomic mass is 9.92. The molecule has 0 aromatic heterocycles. The van der Waals surface area contributed by atoms with Gasteiger partial charge >= 0.3 is 5.97 Å². The van der Waals surface area contributed by atoms with Crippen LogP contribution < -0.4 is 5.32 Å². The normalized spacial score (nSPS) is 48.9. The number of aliphatic hydroxyl groups is 16. The van der Waals surface area contributed by atoms with Gasteiger partial charge in [0.05, 0.1) is 39.1 Å². The first-order chi connectivity index (χ1) is 29.7. The van der Waals surface area contributed by atoms with E-state index in [9.17, 15) is 96.4 Å². The predicted octanol–water partition coefficient (Wildman–Crippen LogP) is -11.9. The third kappa shape index (κ3) is 10.9. The smallest absolute Gasteiger partial charge is 0.364 e. The summed E-state index contributed by atoms with van der Waals surface area (Å²) < 4.78 is 51.2. The Kier molecular flexibility index (Phi) is 17.9. The van der Waals surface area contributed by atoms with Crippen molar-refractivity contribution in [2.45, 2.75) is 166 Å². The fourth-order valence-corrected chi connectivity index (χ4v) is 7.83. The maximum absolute atomic E-state index is 12.1. The molecule has 5 rings (SSSR count). The van der Waals surface area contributed by atoms with Crippen molar-refractivity contribution in [3.63, 3.8) is 0 Å². The number of carbonyl (C=O) groups excluding carboxylic acids is 1. The molecule has 0 aromatic carbocycles. The van der Waals surface area contributed by atoms with Crippen LogP contribution in [0.5, 0.6) is 0 Å². The zero-order valence-corrected chi connectivity index (χ0v) is 33.2. The van der Waals surface area contributed by atoms with Crippen LogP contribution in [0, 0.1) is 0 Å². The van der Waals surface area contributed by atoms with Gasteiger partial charge in [-0.3, -0.25) is 4.79 Å². The molecule has 0 aromatic rings. The maximum Gasteiger partial charge on any atom is 0.364 e. The standard InChI is InChI=1S/C34H57NO28/c1-8(41)35-15-19(47)16(44)11(4-37)55-29(15)61-27-21(49)18(46)13(6-39)57-31(27)60-26-14(7-40)58-32(28(23(26)51)62-30-22(50)20(48)17(45)12(5-38)56-30)59-24-9(42)2-34(54,33(52)53)63-25(24)10(43)3-36/h9-32,36-40,42-51,54H,2-7H2,1H3,(H,35,41)(H,52,53)/t9-,10-,11-,12-,13-,14-,15-,16+,17-,18-,19-,20+,21+,22-,23+,24-,25-,26-,27+,28+,29-,30+,31+,32-,34-/m1/s1. The first-order valence-corrected chi connectivity index (χ1v) is 19.7. The van der Waals surface area contributed by atoms with Crippen LogP contribution in [0.4, 0.5) is 0 Å². The van der Waals surface area contributed by atoms with Gasteiger partial charge in [-0.05, 0) is 0 Å². The molecule has 0 aliphatic carbocycles. The van der Waals surface area contributed by atoms with Crippen molar-refractivity contribution in [2.75, 3.05) is 33.0 Å². The molecule has 29 nitrogen and oxygen atoms in total. The number of nitrogens with one attached hydrogen (secondary N) is 1. The van der Waals surface area contributed by atoms with Gasteiger partial charge in [0.1, 0.15) is 116 Å². The van der Waals surface area contributed by atoms with Gasteiger partial charge in [0, 0.05) is 13.3 Å². The first-order valence-electron chi connectivity index (χ1n) is 19.7. The van der Waals surface area contributed by atoms with Crippen LogP contribution in [0.25, 0.3) is 0 Å². The van der Waals surface area contributed by atoms with Crippen molar-refractivity contribution in [1.82, 2.24) is 5.32 Å². The Morgan fingerprint density at radius 2 is 1.03 bits per heavy atom. The number of carbonyl (C=O) groups is 2. The van der Waals surface area contributed by atoms with Crippen LogP contribution in [0.3, 0.4) is 0 Å². The van der Waals surface area contributed by atoms with Gasteiger partial charge in [0.25, 0.3) is 5.79 Å². The van der Waals surface area contributed by atoms with Gasteiger partial charge in [0.15, 0.2) is 25.2 Å². The lowest BCUT2D eigenvalue weighted by Crippen LogP contribution is -2.70. The maximum atomic E-state index is 12.1. The summed E-state index contributed by atoms with van der Waals surface area (Å²) in [4.78, 5) is 23.9. The highest BCUT2D eigenvalue weighted by molar-refractivity contribution is 5.75. The summed E-state index contributed by atoms with van der Waals surface area (Å²) in [5, 5.41) is 181. The fourth-order valence-electron chi connectivity index (χ4n) is 7.83. The van der Waals surface area contributed by atoms with E-state index in [-0.39, 0.29) is 0 Å². The van der Waals surface area contributed by atoms with E-state index in [1.165, 1.54) is 0 Å². The number of aliphatic hydroxyl groups excluding tert-OH is 15. The average molecular weight is 928 g/mol. The van der Waals surface area contributed by atoms with E-state index < -0.39 is 204 Å². The quantitative estimate of drug-likeness (QED) is 0.0683. The molecule has 63 heavy (non-hydrogen) atoms. The van der Waals surface area contributed by atoms with E-state index in [4.69, 9.17) is 42.6 Å². The minimum Gasteiger partial charge on any atom is -0.477 e. The van der Waals surface area contributed by atoms with Crippen molar-refractivity contribution >= 4 is 11.9 Å². The molecular formula is C34H57NO28. The second-order valence-electron chi connectivity index (χ2n) is 15.6. The van der Waals surface area contributed by atoms with Crippen molar-refractivity contribution in [3.8, 4) is 0 Å². The first kappa shape index (κ1) is 51.9. The van der Waals surface area contributed by atoms with Crippen molar-refractivity contribution in [3.05, 3.63) is 0 Å². The van der Waals surface area contributed by atoms with Crippen LogP contribution in [0.1, 0.15) is 13.3 Å². The monoisotopic (exact) mass is 927 g/mol. The van der Waals surface area contributed by atoms with Gasteiger partial charge in [0.2, 0.25) is 5.91 Å². The Morgan fingerprint density at radius 3 is 1.56 bits per heavy atom. The SMILES string of the molecule is CC(=O)N[C@H]1[C@@H](O[C@@H]2[C@H](O[C@H]3[C@H](O)[C@H](O[C@@H]4O[C@H](CO)[C@@H](O)[C@H](O)[C@H]4O)[C@@H](O[C@H]4[C@@H]([C@H](O)CO)O[C@@](O)(C(=O)O)C[C@H]4O)O[C@@H]3CO)O[C@H](CO)[C@@H](O)[C@@H]2O)O[C@H](CO)[C@H](O)[C@@H]1O. The molecule has 29 heteroatoms. The molecule has 5 fully saturated rings. The highest BCUT2D eigenvalue weighted by Crippen LogP contribution is 2.38. The molecule has 5 saturated heterocycles. The van der Waals surface area contributed by atoms with Crippen LogP contribution in [-0.2, 0) is 52.2 Å². The molecular weight excluding hydrogens is 870 g/mol. The van der Waals surface area contributed by atoms with Crippen LogP contribution in [0.15, 0.2) is 0 Å². The minimum absolute atomic E-state index is 0.780. The summed E-state index contributed by atoms with van der Waals surface area (Å²) in [5.74, 6) is -5.94. The summed E-state index contributed by atoms with van der Waals surface area (Å²) >= 11 is 0. The van der Waals surface area contributed by atoms with E-state index >= 15 is 0 Å². The predicted molar refractivity (Wildman–Crippen MR) is 189 cm³/mol. The molecule has 0 bridgehead atoms. The number of hydrogen-bond donors (Lipinski definition) is 18. The highest BCUT2D eigenvalue weighted by atomic mass is 16.8. The number of rotatable bonds is 16. The minimum atomic E-state index is -3.14. The molecule has 18 N–H and O–H groups in total.